The van der Waals surface area contributed by atoms with E-state index in [1.54, 1.807) is 19.2 Å². The Hall–Kier alpha value is -2.31. The van der Waals surface area contributed by atoms with Gasteiger partial charge >= 0.3 is 0 Å². The number of amides is 1. The Bertz CT molecular complexity index is 600. The molecule has 2 rings (SSSR count). The molecule has 7 nitrogen and oxygen atoms in total. The summed E-state index contributed by atoms with van der Waals surface area (Å²) in [5, 5.41) is 6.52. The average molecular weight is 277 g/mol. The topological polar surface area (TPSA) is 99.0 Å². The lowest BCUT2D eigenvalue weighted by Crippen LogP contribution is -2.28. The Morgan fingerprint density at radius 1 is 1.55 bits per heavy atom. The summed E-state index contributed by atoms with van der Waals surface area (Å²) < 4.78 is 6.83. The number of hydrogen-bond acceptors (Lipinski definition) is 5. The second-order valence-electron chi connectivity index (χ2n) is 4.90. The van der Waals surface area contributed by atoms with E-state index in [-0.39, 0.29) is 11.9 Å². The van der Waals surface area contributed by atoms with Crippen molar-refractivity contribution in [2.24, 2.45) is 0 Å². The molecule has 2 aromatic rings. The van der Waals surface area contributed by atoms with Crippen LogP contribution in [0.1, 0.15) is 42.1 Å². The number of anilines is 1. The average Bonchev–Trinajstić information content (AvgIpc) is 2.95. The first-order valence-corrected chi connectivity index (χ1v) is 6.52. The molecule has 0 aliphatic rings. The third-order valence-electron chi connectivity index (χ3n) is 2.85. The number of hydrogen-bond donors (Lipinski definition) is 2. The molecule has 0 aromatic carbocycles. The summed E-state index contributed by atoms with van der Waals surface area (Å²) in [6, 6.07) is 1.85. The summed E-state index contributed by atoms with van der Waals surface area (Å²) in [4.78, 5) is 16.2. The number of nitrogens with one attached hydrogen (secondary N) is 1. The molecule has 1 amide bonds. The highest BCUT2D eigenvalue weighted by molar-refractivity contribution is 5.93. The molecule has 0 aliphatic carbocycles. The molecule has 0 spiro atoms. The summed E-state index contributed by atoms with van der Waals surface area (Å²) in [6.45, 7) is 6.18. The van der Waals surface area contributed by atoms with E-state index >= 15 is 0 Å². The molecule has 2 aromatic heterocycles. The number of nitrogens with two attached hydrogens (primary N) is 1. The summed E-state index contributed by atoms with van der Waals surface area (Å²) in [5.74, 6) is 0.945. The third kappa shape index (κ3) is 3.17. The van der Waals surface area contributed by atoms with Gasteiger partial charge in [0.1, 0.15) is 5.69 Å². The predicted octanol–water partition coefficient (Wildman–Crippen LogP) is 1.32. The van der Waals surface area contributed by atoms with E-state index in [1.807, 2.05) is 18.4 Å². The van der Waals surface area contributed by atoms with Gasteiger partial charge in [0.05, 0.1) is 5.69 Å². The minimum absolute atomic E-state index is 0.161. The van der Waals surface area contributed by atoms with Crippen LogP contribution in [0.15, 0.2) is 16.8 Å². The molecule has 0 atom stereocenters. The van der Waals surface area contributed by atoms with E-state index in [0.29, 0.717) is 36.1 Å². The van der Waals surface area contributed by atoms with Crippen molar-refractivity contribution in [1.82, 2.24) is 20.0 Å². The lowest BCUT2D eigenvalue weighted by Gasteiger charge is -2.12. The summed E-state index contributed by atoms with van der Waals surface area (Å²) >= 11 is 0. The first-order valence-electron chi connectivity index (χ1n) is 6.52. The third-order valence-corrected chi connectivity index (χ3v) is 2.85. The lowest BCUT2D eigenvalue weighted by atomic mass is 10.3. The van der Waals surface area contributed by atoms with Crippen LogP contribution in [-0.2, 0) is 6.42 Å². The molecule has 108 valence electrons. The van der Waals surface area contributed by atoms with E-state index in [9.17, 15) is 4.79 Å². The van der Waals surface area contributed by atoms with E-state index in [0.717, 1.165) is 0 Å². The van der Waals surface area contributed by atoms with Crippen molar-refractivity contribution in [2.45, 2.75) is 33.2 Å². The number of aromatic nitrogens is 3. The van der Waals surface area contributed by atoms with Crippen LogP contribution in [0.4, 0.5) is 5.69 Å². The Kier molecular flexibility index (Phi) is 4.07. The molecule has 7 heteroatoms. The fourth-order valence-electron chi connectivity index (χ4n) is 1.92. The van der Waals surface area contributed by atoms with Crippen LogP contribution in [0.2, 0.25) is 0 Å². The minimum Gasteiger partial charge on any atom is -0.397 e. The number of aryl methyl sites for hydroxylation is 1. The van der Waals surface area contributed by atoms with Crippen LogP contribution in [0.5, 0.6) is 0 Å². The van der Waals surface area contributed by atoms with Gasteiger partial charge in [-0.3, -0.25) is 4.79 Å². The first-order chi connectivity index (χ1) is 9.47. The van der Waals surface area contributed by atoms with Crippen molar-refractivity contribution in [3.8, 4) is 0 Å². The first kappa shape index (κ1) is 14.1. The van der Waals surface area contributed by atoms with E-state index in [2.05, 4.69) is 15.5 Å². The van der Waals surface area contributed by atoms with Gasteiger partial charge < -0.3 is 20.1 Å². The Labute approximate surface area is 117 Å². The smallest absolute Gasteiger partial charge is 0.268 e. The Morgan fingerprint density at radius 3 is 2.90 bits per heavy atom. The maximum Gasteiger partial charge on any atom is 0.268 e. The number of rotatable bonds is 5. The second kappa shape index (κ2) is 5.77. The zero-order valence-electron chi connectivity index (χ0n) is 11.9. The van der Waals surface area contributed by atoms with Crippen molar-refractivity contribution in [3.63, 3.8) is 0 Å². The Morgan fingerprint density at radius 2 is 2.30 bits per heavy atom. The number of carbonyl (C=O) groups is 1. The highest BCUT2D eigenvalue weighted by Gasteiger charge is 2.14. The summed E-state index contributed by atoms with van der Waals surface area (Å²) in [6.07, 6.45) is 2.27. The molecule has 0 saturated heterocycles. The largest absolute Gasteiger partial charge is 0.397 e. The van der Waals surface area contributed by atoms with Gasteiger partial charge in [-0.2, -0.15) is 4.98 Å². The maximum atomic E-state index is 12.1. The maximum absolute atomic E-state index is 12.1. The number of nitrogen functional groups attached to an aromatic ring is 1. The van der Waals surface area contributed by atoms with Gasteiger partial charge in [0.15, 0.2) is 5.82 Å². The van der Waals surface area contributed by atoms with E-state index in [1.165, 1.54) is 0 Å². The van der Waals surface area contributed by atoms with Gasteiger partial charge in [-0.1, -0.05) is 5.16 Å². The minimum atomic E-state index is -0.161. The van der Waals surface area contributed by atoms with Crippen LogP contribution in [0.3, 0.4) is 0 Å². The highest BCUT2D eigenvalue weighted by atomic mass is 16.5. The van der Waals surface area contributed by atoms with Crippen LogP contribution in [0.25, 0.3) is 0 Å². The SMILES string of the molecule is Cc1noc(CCNC(=O)c2cc(N)cn2C(C)C)n1. The monoisotopic (exact) mass is 277 g/mol. The molecule has 0 bridgehead atoms. The molecular formula is C13H19N5O2. The van der Waals surface area contributed by atoms with Crippen molar-refractivity contribution >= 4 is 11.6 Å². The molecular weight excluding hydrogens is 258 g/mol. The second-order valence-corrected chi connectivity index (χ2v) is 4.90. The number of nitrogens with zero attached hydrogens (tertiary/aromatic N) is 3. The molecule has 0 unspecified atom stereocenters. The van der Waals surface area contributed by atoms with Crippen molar-refractivity contribution in [1.29, 1.82) is 0 Å². The molecule has 0 radical (unpaired) electrons. The van der Waals surface area contributed by atoms with Gasteiger partial charge in [-0.25, -0.2) is 0 Å². The zero-order chi connectivity index (χ0) is 14.7. The lowest BCUT2D eigenvalue weighted by molar-refractivity contribution is 0.0942. The van der Waals surface area contributed by atoms with Crippen LogP contribution in [0, 0.1) is 6.92 Å². The quantitative estimate of drug-likeness (QED) is 0.858. The van der Waals surface area contributed by atoms with Crippen LogP contribution < -0.4 is 11.1 Å². The summed E-state index contributed by atoms with van der Waals surface area (Å²) in [5.41, 5.74) is 6.88. The van der Waals surface area contributed by atoms with Crippen LogP contribution in [-0.4, -0.2) is 27.2 Å². The van der Waals surface area contributed by atoms with Gasteiger partial charge in [0.2, 0.25) is 5.89 Å². The normalized spacial score (nSPS) is 11.0. The fourth-order valence-corrected chi connectivity index (χ4v) is 1.92. The summed E-state index contributed by atoms with van der Waals surface area (Å²) in [7, 11) is 0. The molecule has 20 heavy (non-hydrogen) atoms. The van der Waals surface area contributed by atoms with Gasteiger partial charge in [-0.05, 0) is 26.8 Å². The zero-order valence-corrected chi connectivity index (χ0v) is 11.9. The van der Waals surface area contributed by atoms with E-state index < -0.39 is 0 Å². The van der Waals surface area contributed by atoms with Gasteiger partial charge in [0, 0.05) is 25.2 Å². The molecule has 0 saturated carbocycles. The van der Waals surface area contributed by atoms with E-state index in [4.69, 9.17) is 10.3 Å². The highest BCUT2D eigenvalue weighted by Crippen LogP contribution is 2.16. The predicted molar refractivity (Wildman–Crippen MR) is 74.3 cm³/mol. The molecule has 0 aliphatic heterocycles. The standard InChI is InChI=1S/C13H19N5O2/c1-8(2)18-7-10(14)6-11(18)13(19)15-5-4-12-16-9(3)17-20-12/h6-8H,4-5,14H2,1-3H3,(H,15,19). The fraction of sp³-hybridized carbons (Fsp3) is 0.462. The van der Waals surface area contributed by atoms with Crippen molar-refractivity contribution in [2.75, 3.05) is 12.3 Å². The molecule has 3 N–H and O–H groups in total. The molecule has 2 heterocycles. The van der Waals surface area contributed by atoms with Gasteiger partial charge in [0.25, 0.3) is 5.91 Å². The number of carbonyl (C=O) groups excluding carboxylic acids is 1. The van der Waals surface area contributed by atoms with Crippen LogP contribution >= 0.6 is 0 Å². The Balaban J connectivity index is 1.95. The van der Waals surface area contributed by atoms with Crippen molar-refractivity contribution in [3.05, 3.63) is 29.7 Å². The van der Waals surface area contributed by atoms with Gasteiger partial charge in [-0.15, -0.1) is 0 Å². The molecule has 0 fully saturated rings. The van der Waals surface area contributed by atoms with Crippen molar-refractivity contribution < 1.29 is 9.32 Å².